The third-order valence-corrected chi connectivity index (χ3v) is 4.38. The third kappa shape index (κ3) is 6.01. The fourth-order valence-electron chi connectivity index (χ4n) is 2.27. The molecule has 21 heavy (non-hydrogen) atoms. The van der Waals surface area contributed by atoms with Crippen LogP contribution in [-0.4, -0.2) is 30.6 Å². The molecule has 0 radical (unpaired) electrons. The van der Waals surface area contributed by atoms with Crippen molar-refractivity contribution in [2.45, 2.75) is 46.2 Å². The van der Waals surface area contributed by atoms with E-state index < -0.39 is 11.6 Å². The van der Waals surface area contributed by atoms with Crippen molar-refractivity contribution in [1.29, 1.82) is 0 Å². The average molecular weight is 363 g/mol. The number of rotatable bonds is 9. The van der Waals surface area contributed by atoms with Crippen molar-refractivity contribution in [1.82, 2.24) is 10.2 Å². The number of benzene rings is 1. The maximum Gasteiger partial charge on any atom is 0.144 e. The zero-order valence-corrected chi connectivity index (χ0v) is 14.6. The molecular formula is C16H25BrF2N2. The summed E-state index contributed by atoms with van der Waals surface area (Å²) in [5.74, 6) is -1.02. The van der Waals surface area contributed by atoms with Gasteiger partial charge in [0.25, 0.3) is 0 Å². The number of hydrogen-bond acceptors (Lipinski definition) is 2. The molecule has 1 unspecified atom stereocenters. The number of nitrogens with zero attached hydrogens (tertiary/aromatic N) is 1. The van der Waals surface area contributed by atoms with Gasteiger partial charge in [0.15, 0.2) is 0 Å². The molecule has 0 aromatic heterocycles. The Kier molecular flexibility index (Phi) is 8.37. The van der Waals surface area contributed by atoms with E-state index in [1.54, 1.807) is 0 Å². The Hall–Kier alpha value is -0.520. The normalized spacial score (nSPS) is 12.9. The van der Waals surface area contributed by atoms with Crippen LogP contribution in [0.3, 0.4) is 0 Å². The molecule has 0 aliphatic rings. The molecule has 0 amide bonds. The summed E-state index contributed by atoms with van der Waals surface area (Å²) in [4.78, 5) is 2.38. The number of hydrogen-bond donors (Lipinski definition) is 1. The van der Waals surface area contributed by atoms with Crippen LogP contribution < -0.4 is 5.32 Å². The maximum absolute atomic E-state index is 13.8. The largest absolute Gasteiger partial charge is 0.310 e. The lowest BCUT2D eigenvalue weighted by atomic mass is 10.1. The van der Waals surface area contributed by atoms with Gasteiger partial charge in [0, 0.05) is 18.2 Å². The van der Waals surface area contributed by atoms with Crippen LogP contribution in [0.15, 0.2) is 16.6 Å². The molecule has 0 fully saturated rings. The summed E-state index contributed by atoms with van der Waals surface area (Å²) in [7, 11) is 0. The molecule has 0 bridgehead atoms. The van der Waals surface area contributed by atoms with Crippen molar-refractivity contribution in [2.24, 2.45) is 0 Å². The minimum atomic E-state index is -0.516. The summed E-state index contributed by atoms with van der Waals surface area (Å²) in [6, 6.07) is 2.91. The summed E-state index contributed by atoms with van der Waals surface area (Å²) >= 11 is 3.09. The van der Waals surface area contributed by atoms with Gasteiger partial charge in [0.2, 0.25) is 0 Å². The Bertz CT molecular complexity index is 437. The van der Waals surface area contributed by atoms with Gasteiger partial charge >= 0.3 is 0 Å². The fourth-order valence-corrected chi connectivity index (χ4v) is 2.64. The lowest BCUT2D eigenvalue weighted by Crippen LogP contribution is -2.29. The van der Waals surface area contributed by atoms with E-state index in [0.717, 1.165) is 32.5 Å². The first-order valence-corrected chi connectivity index (χ1v) is 8.36. The van der Waals surface area contributed by atoms with Gasteiger partial charge in [-0.05, 0) is 67.5 Å². The van der Waals surface area contributed by atoms with E-state index in [-0.39, 0.29) is 18.2 Å². The first-order valence-electron chi connectivity index (χ1n) is 7.57. The SMILES string of the molecule is CCN(CC)CCCC(C)NCc1c(F)ccc(Br)c1F. The van der Waals surface area contributed by atoms with Gasteiger partial charge in [0.1, 0.15) is 11.6 Å². The second kappa shape index (κ2) is 9.49. The Morgan fingerprint density at radius 1 is 1.24 bits per heavy atom. The molecule has 0 heterocycles. The standard InChI is InChI=1S/C16H25BrF2N2/c1-4-21(5-2)10-6-7-12(3)20-11-13-15(18)9-8-14(17)16(13)19/h8-9,12,20H,4-7,10-11H2,1-3H3. The van der Waals surface area contributed by atoms with E-state index in [1.165, 1.54) is 12.1 Å². The number of nitrogens with one attached hydrogen (secondary N) is 1. The molecule has 0 spiro atoms. The van der Waals surface area contributed by atoms with Gasteiger partial charge in [-0.3, -0.25) is 0 Å². The van der Waals surface area contributed by atoms with Crippen LogP contribution in [0.25, 0.3) is 0 Å². The van der Waals surface area contributed by atoms with Gasteiger partial charge in [-0.1, -0.05) is 13.8 Å². The van der Waals surface area contributed by atoms with Crippen LogP contribution in [-0.2, 0) is 6.54 Å². The molecular weight excluding hydrogens is 338 g/mol. The van der Waals surface area contributed by atoms with Crippen LogP contribution in [0.2, 0.25) is 0 Å². The van der Waals surface area contributed by atoms with Gasteiger partial charge < -0.3 is 10.2 Å². The topological polar surface area (TPSA) is 15.3 Å². The van der Waals surface area contributed by atoms with Gasteiger partial charge in [-0.2, -0.15) is 0 Å². The molecule has 1 aromatic rings. The molecule has 1 N–H and O–H groups in total. The predicted octanol–water partition coefficient (Wildman–Crippen LogP) is 4.33. The van der Waals surface area contributed by atoms with Gasteiger partial charge in [0.05, 0.1) is 4.47 Å². The first kappa shape index (κ1) is 18.5. The smallest absolute Gasteiger partial charge is 0.144 e. The monoisotopic (exact) mass is 362 g/mol. The quantitative estimate of drug-likeness (QED) is 0.657. The number of halogens is 3. The molecule has 1 aromatic carbocycles. The Balaban J connectivity index is 2.40. The Morgan fingerprint density at radius 3 is 2.52 bits per heavy atom. The van der Waals surface area contributed by atoms with E-state index >= 15 is 0 Å². The van der Waals surface area contributed by atoms with E-state index in [4.69, 9.17) is 0 Å². The van der Waals surface area contributed by atoms with Crippen molar-refractivity contribution in [3.05, 3.63) is 33.8 Å². The van der Waals surface area contributed by atoms with Crippen LogP contribution >= 0.6 is 15.9 Å². The summed E-state index contributed by atoms with van der Waals surface area (Å²) in [6.07, 6.45) is 2.08. The van der Waals surface area contributed by atoms with E-state index in [9.17, 15) is 8.78 Å². The zero-order chi connectivity index (χ0) is 15.8. The van der Waals surface area contributed by atoms with Crippen molar-refractivity contribution >= 4 is 15.9 Å². The highest BCUT2D eigenvalue weighted by atomic mass is 79.9. The lowest BCUT2D eigenvalue weighted by Gasteiger charge is -2.20. The van der Waals surface area contributed by atoms with Crippen LogP contribution in [0.4, 0.5) is 8.78 Å². The highest BCUT2D eigenvalue weighted by molar-refractivity contribution is 9.10. The predicted molar refractivity (Wildman–Crippen MR) is 87.4 cm³/mol. The van der Waals surface area contributed by atoms with E-state index in [2.05, 4.69) is 46.9 Å². The van der Waals surface area contributed by atoms with Crippen molar-refractivity contribution in [2.75, 3.05) is 19.6 Å². The minimum Gasteiger partial charge on any atom is -0.310 e. The van der Waals surface area contributed by atoms with Crippen molar-refractivity contribution in [3.8, 4) is 0 Å². The molecule has 120 valence electrons. The lowest BCUT2D eigenvalue weighted by molar-refractivity contribution is 0.290. The van der Waals surface area contributed by atoms with Gasteiger partial charge in [-0.25, -0.2) is 8.78 Å². The van der Waals surface area contributed by atoms with Crippen molar-refractivity contribution < 1.29 is 8.78 Å². The van der Waals surface area contributed by atoms with Crippen LogP contribution in [0, 0.1) is 11.6 Å². The zero-order valence-electron chi connectivity index (χ0n) is 13.1. The molecule has 1 rings (SSSR count). The highest BCUT2D eigenvalue weighted by Gasteiger charge is 2.13. The van der Waals surface area contributed by atoms with Gasteiger partial charge in [-0.15, -0.1) is 0 Å². The molecule has 1 atom stereocenters. The summed E-state index contributed by atoms with van der Waals surface area (Å²) in [5.41, 5.74) is 0.0972. The maximum atomic E-state index is 13.8. The summed E-state index contributed by atoms with van der Waals surface area (Å²) in [6.45, 7) is 9.77. The molecule has 0 aliphatic carbocycles. The molecule has 0 saturated carbocycles. The second-order valence-electron chi connectivity index (χ2n) is 5.27. The van der Waals surface area contributed by atoms with E-state index in [1.807, 2.05) is 0 Å². The summed E-state index contributed by atoms with van der Waals surface area (Å²) < 4.78 is 27.8. The Morgan fingerprint density at radius 2 is 1.90 bits per heavy atom. The molecule has 0 saturated heterocycles. The third-order valence-electron chi connectivity index (χ3n) is 3.77. The van der Waals surface area contributed by atoms with E-state index in [0.29, 0.717) is 4.47 Å². The summed E-state index contributed by atoms with van der Waals surface area (Å²) in [5, 5.41) is 3.20. The second-order valence-corrected chi connectivity index (χ2v) is 6.13. The average Bonchev–Trinajstić information content (AvgIpc) is 2.47. The minimum absolute atomic E-state index is 0.0972. The Labute approximate surface area is 135 Å². The first-order chi connectivity index (χ1) is 9.99. The van der Waals surface area contributed by atoms with Crippen molar-refractivity contribution in [3.63, 3.8) is 0 Å². The highest BCUT2D eigenvalue weighted by Crippen LogP contribution is 2.21. The molecule has 2 nitrogen and oxygen atoms in total. The molecule has 5 heteroatoms. The van der Waals surface area contributed by atoms with Crippen LogP contribution in [0.1, 0.15) is 39.2 Å². The van der Waals surface area contributed by atoms with Crippen LogP contribution in [0.5, 0.6) is 0 Å². The fraction of sp³-hybridized carbons (Fsp3) is 0.625. The molecule has 0 aliphatic heterocycles.